The zero-order valence-corrected chi connectivity index (χ0v) is 9.35. The van der Waals surface area contributed by atoms with Crippen molar-refractivity contribution in [2.24, 2.45) is 7.05 Å². The van der Waals surface area contributed by atoms with Gasteiger partial charge < -0.3 is 4.42 Å². The van der Waals surface area contributed by atoms with Gasteiger partial charge in [-0.2, -0.15) is 5.10 Å². The molecule has 2 heterocycles. The Balaban J connectivity index is 2.61. The Morgan fingerprint density at radius 3 is 2.88 bits per heavy atom. The lowest BCUT2D eigenvalue weighted by atomic mass is 10.3. The summed E-state index contributed by atoms with van der Waals surface area (Å²) in [6, 6.07) is 2.46. The van der Waals surface area contributed by atoms with E-state index in [1.165, 1.54) is 13.1 Å². The highest BCUT2D eigenvalue weighted by Gasteiger charge is 2.17. The van der Waals surface area contributed by atoms with E-state index >= 15 is 0 Å². The normalized spacial score (nSPS) is 10.4. The summed E-state index contributed by atoms with van der Waals surface area (Å²) in [6.07, 6.45) is 0. The molecule has 0 atom stereocenters. The number of hydrogen-bond donors (Lipinski definition) is 1. The molecule has 0 amide bonds. The van der Waals surface area contributed by atoms with E-state index in [2.05, 4.69) is 10.2 Å². The summed E-state index contributed by atoms with van der Waals surface area (Å²) in [4.78, 5) is 21.5. The number of aromatic amines is 1. The minimum Gasteiger partial charge on any atom is -0.399 e. The Hall–Kier alpha value is -2.29. The smallest absolute Gasteiger partial charge is 0.399 e. The Bertz CT molecular complexity index is 698. The molecule has 88 valence electrons. The molecule has 0 saturated carbocycles. The zero-order chi connectivity index (χ0) is 12.6. The predicted octanol–water partition coefficient (Wildman–Crippen LogP) is 1.01. The van der Waals surface area contributed by atoms with Crippen LogP contribution in [-0.4, -0.2) is 19.7 Å². The van der Waals surface area contributed by atoms with Gasteiger partial charge in [0.25, 0.3) is 5.56 Å². The maximum atomic E-state index is 11.8. The Morgan fingerprint density at radius 1 is 1.59 bits per heavy atom. The summed E-state index contributed by atoms with van der Waals surface area (Å²) in [7, 11) is 1.46. The number of rotatable bonds is 2. The van der Waals surface area contributed by atoms with E-state index in [-0.39, 0.29) is 16.2 Å². The lowest BCUT2D eigenvalue weighted by Gasteiger charge is -1.98. The fraction of sp³-hybridized carbons (Fsp3) is 0.125. The van der Waals surface area contributed by atoms with Gasteiger partial charge in [-0.15, -0.1) is 0 Å². The fourth-order valence-electron chi connectivity index (χ4n) is 1.19. The molecule has 0 bridgehead atoms. The van der Waals surface area contributed by atoms with Crippen molar-refractivity contribution in [1.82, 2.24) is 14.8 Å². The molecule has 9 heteroatoms. The standard InChI is InChI=1S/C8H6N4O4S/c1-11-7(13)6(9-10-8(11)17)4-2-3-5(16-4)12(14)15/h2-3H,1H3,(H,10,17). The second-order valence-electron chi connectivity index (χ2n) is 3.14. The molecule has 8 nitrogen and oxygen atoms in total. The molecule has 0 unspecified atom stereocenters. The minimum absolute atomic E-state index is 0.0172. The van der Waals surface area contributed by atoms with E-state index in [0.29, 0.717) is 0 Å². The first-order valence-electron chi connectivity index (χ1n) is 4.41. The Labute approximate surface area is 98.7 Å². The highest BCUT2D eigenvalue weighted by atomic mass is 32.1. The highest BCUT2D eigenvalue weighted by molar-refractivity contribution is 7.71. The maximum absolute atomic E-state index is 11.8. The summed E-state index contributed by atoms with van der Waals surface area (Å²) in [5.74, 6) is -0.435. The third-order valence-electron chi connectivity index (χ3n) is 2.08. The van der Waals surface area contributed by atoms with Crippen molar-refractivity contribution in [3.05, 3.63) is 37.4 Å². The number of nitro groups is 1. The molecular formula is C8H6N4O4S. The van der Waals surface area contributed by atoms with Crippen LogP contribution in [0.3, 0.4) is 0 Å². The van der Waals surface area contributed by atoms with Gasteiger partial charge in [0.15, 0.2) is 16.2 Å². The molecule has 0 saturated heterocycles. The van der Waals surface area contributed by atoms with Gasteiger partial charge in [0.1, 0.15) is 4.92 Å². The third kappa shape index (κ3) is 1.87. The van der Waals surface area contributed by atoms with Crippen LogP contribution in [0.1, 0.15) is 0 Å². The van der Waals surface area contributed by atoms with Gasteiger partial charge in [-0.05, 0) is 18.3 Å². The SMILES string of the molecule is Cn1c(=S)[nH]nc(-c2ccc([N+](=O)[O-])o2)c1=O. The molecule has 2 rings (SSSR count). The second-order valence-corrected chi connectivity index (χ2v) is 3.52. The van der Waals surface area contributed by atoms with Crippen molar-refractivity contribution in [2.45, 2.75) is 0 Å². The van der Waals surface area contributed by atoms with E-state index < -0.39 is 16.4 Å². The zero-order valence-electron chi connectivity index (χ0n) is 8.54. The number of H-pyrrole nitrogens is 1. The Kier molecular flexibility index (Phi) is 2.60. The van der Waals surface area contributed by atoms with Crippen molar-refractivity contribution in [2.75, 3.05) is 0 Å². The molecule has 0 fully saturated rings. The van der Waals surface area contributed by atoms with E-state index in [9.17, 15) is 14.9 Å². The molecular weight excluding hydrogens is 248 g/mol. The Morgan fingerprint density at radius 2 is 2.29 bits per heavy atom. The predicted molar refractivity (Wildman–Crippen MR) is 59.0 cm³/mol. The first kappa shape index (κ1) is 11.2. The molecule has 0 aliphatic rings. The van der Waals surface area contributed by atoms with Gasteiger partial charge in [-0.1, -0.05) is 0 Å². The first-order chi connectivity index (χ1) is 8.00. The molecule has 0 aromatic carbocycles. The topological polar surface area (TPSA) is 107 Å². The second kappa shape index (κ2) is 3.94. The largest absolute Gasteiger partial charge is 0.433 e. The average molecular weight is 254 g/mol. The van der Waals surface area contributed by atoms with E-state index in [1.807, 2.05) is 0 Å². The molecule has 0 spiro atoms. The summed E-state index contributed by atoms with van der Waals surface area (Å²) < 4.78 is 6.19. The summed E-state index contributed by atoms with van der Waals surface area (Å²) in [5, 5.41) is 16.6. The average Bonchev–Trinajstić information content (AvgIpc) is 2.75. The summed E-state index contributed by atoms with van der Waals surface area (Å²) in [6.45, 7) is 0. The minimum atomic E-state index is -0.695. The van der Waals surface area contributed by atoms with Crippen molar-refractivity contribution in [3.8, 4) is 11.5 Å². The van der Waals surface area contributed by atoms with Gasteiger partial charge in [0.2, 0.25) is 0 Å². The molecule has 2 aromatic rings. The van der Waals surface area contributed by atoms with Crippen LogP contribution >= 0.6 is 12.2 Å². The molecule has 2 aromatic heterocycles. The van der Waals surface area contributed by atoms with Crippen LogP contribution in [0.25, 0.3) is 11.5 Å². The maximum Gasteiger partial charge on any atom is 0.433 e. The molecule has 1 N–H and O–H groups in total. The van der Waals surface area contributed by atoms with Crippen molar-refractivity contribution in [3.63, 3.8) is 0 Å². The third-order valence-corrected chi connectivity index (χ3v) is 2.45. The summed E-state index contributed by atoms with van der Waals surface area (Å²) in [5.41, 5.74) is -0.549. The lowest BCUT2D eigenvalue weighted by molar-refractivity contribution is -0.401. The van der Waals surface area contributed by atoms with Gasteiger partial charge in [-0.3, -0.25) is 24.6 Å². The van der Waals surface area contributed by atoms with Crippen LogP contribution < -0.4 is 5.56 Å². The van der Waals surface area contributed by atoms with Gasteiger partial charge >= 0.3 is 5.88 Å². The van der Waals surface area contributed by atoms with Gasteiger partial charge in [-0.25, -0.2) is 0 Å². The lowest BCUT2D eigenvalue weighted by Crippen LogP contribution is -2.21. The first-order valence-corrected chi connectivity index (χ1v) is 4.82. The van der Waals surface area contributed by atoms with Crippen LogP contribution in [0, 0.1) is 14.9 Å². The number of aromatic nitrogens is 3. The van der Waals surface area contributed by atoms with Crippen molar-refractivity contribution < 1.29 is 9.34 Å². The van der Waals surface area contributed by atoms with E-state index in [1.54, 1.807) is 0 Å². The fourth-order valence-corrected chi connectivity index (χ4v) is 1.32. The quantitative estimate of drug-likeness (QED) is 0.486. The number of nitrogens with one attached hydrogen (secondary N) is 1. The van der Waals surface area contributed by atoms with E-state index in [0.717, 1.165) is 10.6 Å². The molecule has 0 radical (unpaired) electrons. The highest BCUT2D eigenvalue weighted by Crippen LogP contribution is 2.21. The van der Waals surface area contributed by atoms with Crippen LogP contribution in [0.5, 0.6) is 0 Å². The van der Waals surface area contributed by atoms with E-state index in [4.69, 9.17) is 16.6 Å². The van der Waals surface area contributed by atoms with Crippen molar-refractivity contribution in [1.29, 1.82) is 0 Å². The van der Waals surface area contributed by atoms with Crippen LogP contribution in [-0.2, 0) is 7.05 Å². The molecule has 0 aliphatic carbocycles. The number of hydrogen-bond acceptors (Lipinski definition) is 6. The van der Waals surface area contributed by atoms with Gasteiger partial charge in [0.05, 0.1) is 6.07 Å². The van der Waals surface area contributed by atoms with Gasteiger partial charge in [0, 0.05) is 7.05 Å². The molecule has 17 heavy (non-hydrogen) atoms. The number of nitrogens with zero attached hydrogens (tertiary/aromatic N) is 3. The summed E-state index contributed by atoms with van der Waals surface area (Å²) >= 11 is 4.80. The van der Waals surface area contributed by atoms with Crippen LogP contribution in [0.2, 0.25) is 0 Å². The van der Waals surface area contributed by atoms with Crippen molar-refractivity contribution >= 4 is 18.1 Å². The monoisotopic (exact) mass is 254 g/mol. The van der Waals surface area contributed by atoms with Crippen LogP contribution in [0.4, 0.5) is 5.88 Å². The molecule has 0 aliphatic heterocycles. The number of furan rings is 1. The van der Waals surface area contributed by atoms with Crippen LogP contribution in [0.15, 0.2) is 21.3 Å².